The first-order valence-electron chi connectivity index (χ1n) is 18.0. The molecule has 6 aromatic rings. The first-order valence-corrected chi connectivity index (χ1v) is 18.0. The van der Waals surface area contributed by atoms with Gasteiger partial charge in [0.05, 0.1) is 59.4 Å². The number of rotatable bonds is 8. The van der Waals surface area contributed by atoms with Gasteiger partial charge in [-0.15, -0.1) is 0 Å². The number of hydrogen-bond acceptors (Lipinski definition) is 8. The van der Waals surface area contributed by atoms with Crippen LogP contribution < -0.4 is 0 Å². The number of imidazole rings is 2. The second-order valence-electron chi connectivity index (χ2n) is 13.6. The van der Waals surface area contributed by atoms with Crippen molar-refractivity contribution in [3.8, 4) is 11.8 Å². The minimum absolute atomic E-state index is 0.127. The van der Waals surface area contributed by atoms with Gasteiger partial charge in [0.2, 0.25) is 0 Å². The molecule has 2 saturated heterocycles. The van der Waals surface area contributed by atoms with Crippen molar-refractivity contribution >= 4 is 34.3 Å². The summed E-state index contributed by atoms with van der Waals surface area (Å²) in [4.78, 5) is 46.3. The normalized spacial score (nSPS) is 19.6. The van der Waals surface area contributed by atoms with Gasteiger partial charge < -0.3 is 28.9 Å². The Labute approximate surface area is 312 Å². The quantitative estimate of drug-likeness (QED) is 0.160. The molecule has 0 saturated carbocycles. The number of H-pyrrole nitrogens is 2. The molecule has 2 aromatic heterocycles. The fourth-order valence-electron chi connectivity index (χ4n) is 7.14. The highest BCUT2D eigenvalue weighted by Crippen LogP contribution is 2.35. The minimum atomic E-state index is -0.405. The molecule has 274 valence electrons. The summed E-state index contributed by atoms with van der Waals surface area (Å²) in [5, 5.41) is 0. The summed E-state index contributed by atoms with van der Waals surface area (Å²) in [5.41, 5.74) is 6.66. The molecule has 0 bridgehead atoms. The third-order valence-electron chi connectivity index (χ3n) is 10.1. The molecular weight excluding hydrogens is 684 g/mol. The molecule has 0 spiro atoms. The van der Waals surface area contributed by atoms with Crippen molar-refractivity contribution < 1.29 is 28.5 Å². The second kappa shape index (κ2) is 15.4. The van der Waals surface area contributed by atoms with Crippen LogP contribution in [-0.2, 0) is 32.2 Å². The lowest BCUT2D eigenvalue weighted by atomic mass is 10.1. The van der Waals surface area contributed by atoms with Crippen molar-refractivity contribution in [2.24, 2.45) is 0 Å². The van der Waals surface area contributed by atoms with Crippen LogP contribution in [0.4, 0.5) is 9.59 Å². The van der Waals surface area contributed by atoms with E-state index in [1.165, 1.54) is 0 Å². The van der Waals surface area contributed by atoms with Crippen molar-refractivity contribution in [3.05, 3.63) is 131 Å². The Morgan fingerprint density at radius 3 is 1.48 bits per heavy atom. The van der Waals surface area contributed by atoms with Crippen molar-refractivity contribution in [2.75, 3.05) is 27.3 Å². The smallest absolute Gasteiger partial charge is 0.410 e. The highest BCUT2D eigenvalue weighted by Gasteiger charge is 2.40. The maximum atomic E-state index is 13.2. The zero-order valence-electron chi connectivity index (χ0n) is 30.0. The first kappa shape index (κ1) is 34.9. The van der Waals surface area contributed by atoms with Crippen molar-refractivity contribution in [3.63, 3.8) is 0 Å². The van der Waals surface area contributed by atoms with Gasteiger partial charge in [0, 0.05) is 38.2 Å². The van der Waals surface area contributed by atoms with E-state index in [1.807, 2.05) is 97.1 Å². The average Bonchev–Trinajstić information content (AvgIpc) is 4.02. The predicted octanol–water partition coefficient (Wildman–Crippen LogP) is 7.04. The number of nitrogens with zero attached hydrogens (tertiary/aromatic N) is 4. The Balaban J connectivity index is 0.966. The Morgan fingerprint density at radius 2 is 1.07 bits per heavy atom. The van der Waals surface area contributed by atoms with E-state index in [0.717, 1.165) is 44.3 Å². The number of aromatic nitrogens is 4. The molecule has 4 aromatic carbocycles. The van der Waals surface area contributed by atoms with Crippen LogP contribution in [0.5, 0.6) is 0 Å². The molecule has 12 nitrogen and oxygen atoms in total. The molecule has 4 atom stereocenters. The van der Waals surface area contributed by atoms with Gasteiger partial charge in [0.1, 0.15) is 24.9 Å². The number of carbonyl (C=O) groups excluding carboxylic acids is 2. The first-order chi connectivity index (χ1) is 26.4. The van der Waals surface area contributed by atoms with Crippen LogP contribution in [0.15, 0.2) is 97.1 Å². The molecule has 2 aliphatic rings. The Morgan fingerprint density at radius 1 is 0.648 bits per heavy atom. The van der Waals surface area contributed by atoms with E-state index in [1.54, 1.807) is 24.0 Å². The molecule has 2 aliphatic heterocycles. The van der Waals surface area contributed by atoms with Gasteiger partial charge in [-0.05, 0) is 47.5 Å². The second-order valence-corrected chi connectivity index (χ2v) is 13.6. The summed E-state index contributed by atoms with van der Waals surface area (Å²) in [7, 11) is 3.31. The minimum Gasteiger partial charge on any atom is -0.445 e. The largest absolute Gasteiger partial charge is 0.445 e. The topological polar surface area (TPSA) is 135 Å². The lowest BCUT2D eigenvalue weighted by molar-refractivity contribution is 0.0792. The maximum absolute atomic E-state index is 13.2. The van der Waals surface area contributed by atoms with Gasteiger partial charge in [-0.3, -0.25) is 9.80 Å². The van der Waals surface area contributed by atoms with Gasteiger partial charge in [0.15, 0.2) is 0 Å². The van der Waals surface area contributed by atoms with Crippen LogP contribution in [0.25, 0.3) is 22.1 Å². The zero-order chi connectivity index (χ0) is 37.0. The third-order valence-corrected chi connectivity index (χ3v) is 10.1. The van der Waals surface area contributed by atoms with Gasteiger partial charge in [-0.25, -0.2) is 19.6 Å². The number of aromatic amines is 2. The van der Waals surface area contributed by atoms with E-state index < -0.39 is 12.2 Å². The lowest BCUT2D eigenvalue weighted by Gasteiger charge is -2.22. The van der Waals surface area contributed by atoms with Crippen LogP contribution >= 0.6 is 0 Å². The number of amides is 2. The molecule has 12 heteroatoms. The number of fused-ring (bicyclic) bond motifs is 2. The summed E-state index contributed by atoms with van der Waals surface area (Å²) in [6.45, 7) is 1.21. The van der Waals surface area contributed by atoms with E-state index in [9.17, 15) is 9.59 Å². The number of benzene rings is 4. The molecule has 2 unspecified atom stereocenters. The molecule has 8 rings (SSSR count). The molecule has 2 amide bonds. The van der Waals surface area contributed by atoms with Gasteiger partial charge in [0.25, 0.3) is 0 Å². The number of ether oxygens (including phenoxy) is 4. The maximum Gasteiger partial charge on any atom is 0.410 e. The van der Waals surface area contributed by atoms with E-state index in [4.69, 9.17) is 28.9 Å². The third kappa shape index (κ3) is 7.50. The summed E-state index contributed by atoms with van der Waals surface area (Å²) >= 11 is 0. The molecule has 54 heavy (non-hydrogen) atoms. The summed E-state index contributed by atoms with van der Waals surface area (Å²) in [5.74, 6) is 7.90. The van der Waals surface area contributed by atoms with Crippen LogP contribution in [0.3, 0.4) is 0 Å². The van der Waals surface area contributed by atoms with E-state index in [0.29, 0.717) is 37.6 Å². The molecule has 0 aliphatic carbocycles. The molecule has 4 heterocycles. The van der Waals surface area contributed by atoms with Crippen LogP contribution in [0.2, 0.25) is 0 Å². The lowest BCUT2D eigenvalue weighted by Crippen LogP contribution is -2.32. The fourth-order valence-corrected chi connectivity index (χ4v) is 7.14. The predicted molar refractivity (Wildman–Crippen MR) is 201 cm³/mol. The molecule has 2 N–H and O–H groups in total. The van der Waals surface area contributed by atoms with Gasteiger partial charge >= 0.3 is 12.2 Å². The number of nitrogens with one attached hydrogen (secondary N) is 2. The summed E-state index contributed by atoms with van der Waals surface area (Å²) in [6.07, 6.45) is 0.142. The van der Waals surface area contributed by atoms with Gasteiger partial charge in [-0.2, -0.15) is 0 Å². The fraction of sp³-hybridized carbons (Fsp3) is 0.286. The van der Waals surface area contributed by atoms with E-state index >= 15 is 0 Å². The molecule has 0 radical (unpaired) electrons. The summed E-state index contributed by atoms with van der Waals surface area (Å²) < 4.78 is 22.6. The van der Waals surface area contributed by atoms with Crippen LogP contribution in [0, 0.1) is 11.8 Å². The number of likely N-dealkylation sites (tertiary alicyclic amines) is 2. The Kier molecular flexibility index (Phi) is 9.98. The molecular formula is C42H40N6O6. The zero-order valence-corrected chi connectivity index (χ0v) is 30.0. The Bertz CT molecular complexity index is 2170. The standard InChI is InChI=1S/C42H40N6O6/c1-51-31-21-37(47(23-31)41(49)53-25-29-9-5-3-6-10-29)39-43-33-17-15-27(19-35(33)45-39)13-14-28-16-18-34-36(20-28)46-40(44-34)38-22-32(52-2)24-48(38)42(50)54-26-30-11-7-4-8-12-30/h3-12,15-20,31-32,37-38H,21-26H2,1-2H3,(H,43,45)(H,44,46)/t31-,32?,37+,38?/m1/s1. The highest BCUT2D eigenvalue weighted by molar-refractivity contribution is 5.79. The Hall–Kier alpha value is -6.16. The SMILES string of the molecule is COC1CC(c2nc3ccc(C#Cc4ccc5nc([C@@H]6C[C@@H](OC)CN6C(=O)OCc6ccccc6)[nH]c5c4)cc3[nH]2)N(C(=O)OCc2ccccc2)C1. The molecule has 2 fully saturated rings. The van der Waals surface area contributed by atoms with E-state index in [2.05, 4.69) is 21.8 Å². The van der Waals surface area contributed by atoms with Gasteiger partial charge in [-0.1, -0.05) is 72.5 Å². The highest BCUT2D eigenvalue weighted by atomic mass is 16.6. The van der Waals surface area contributed by atoms with Crippen molar-refractivity contribution in [2.45, 2.75) is 50.3 Å². The van der Waals surface area contributed by atoms with Crippen molar-refractivity contribution in [1.82, 2.24) is 29.7 Å². The summed E-state index contributed by atoms with van der Waals surface area (Å²) in [6, 6.07) is 30.2. The van der Waals surface area contributed by atoms with E-state index in [-0.39, 0.29) is 37.5 Å². The van der Waals surface area contributed by atoms with Crippen LogP contribution in [-0.4, -0.2) is 81.4 Å². The monoisotopic (exact) mass is 724 g/mol. The van der Waals surface area contributed by atoms with Crippen molar-refractivity contribution in [1.29, 1.82) is 0 Å². The average molecular weight is 725 g/mol. The number of carbonyl (C=O) groups is 2. The number of hydrogen-bond donors (Lipinski definition) is 2. The number of methoxy groups -OCH3 is 2. The van der Waals surface area contributed by atoms with Crippen LogP contribution in [0.1, 0.15) is 58.8 Å².